The number of halogens is 1. The van der Waals surface area contributed by atoms with E-state index >= 15 is 0 Å². The van der Waals surface area contributed by atoms with Gasteiger partial charge >= 0.3 is 0 Å². The fourth-order valence-electron chi connectivity index (χ4n) is 2.97. The van der Waals surface area contributed by atoms with Crippen LogP contribution < -0.4 is 4.74 Å². The first kappa shape index (κ1) is 17.8. The van der Waals surface area contributed by atoms with Gasteiger partial charge in [0.05, 0.1) is 18.4 Å². The summed E-state index contributed by atoms with van der Waals surface area (Å²) in [5, 5.41) is 10.9. The quantitative estimate of drug-likeness (QED) is 0.356. The molecule has 0 fully saturated rings. The first-order valence-electron chi connectivity index (χ1n) is 8.31. The second kappa shape index (κ2) is 7.21. The summed E-state index contributed by atoms with van der Waals surface area (Å²) in [6.07, 6.45) is 0. The summed E-state index contributed by atoms with van der Waals surface area (Å²) in [4.78, 5) is 12.5. The molecular weight excluding hydrogens is 382 g/mol. The first-order chi connectivity index (χ1) is 13.1. The van der Waals surface area contributed by atoms with Gasteiger partial charge in [-0.25, -0.2) is 0 Å². The van der Waals surface area contributed by atoms with Crippen LogP contribution in [-0.4, -0.2) is 33.2 Å². The van der Waals surface area contributed by atoms with Crippen LogP contribution in [0, 0.1) is 6.92 Å². The van der Waals surface area contributed by atoms with Crippen LogP contribution in [0.1, 0.15) is 15.9 Å². The van der Waals surface area contributed by atoms with E-state index in [2.05, 4.69) is 10.2 Å². The van der Waals surface area contributed by atoms with E-state index in [1.165, 1.54) is 11.8 Å². The van der Waals surface area contributed by atoms with Gasteiger partial charge in [-0.2, -0.15) is 0 Å². The molecule has 0 N–H and O–H groups in total. The Kier molecular flexibility index (Phi) is 4.76. The number of benzene rings is 2. The molecule has 5 nitrogen and oxygen atoms in total. The standard InChI is InChI=1S/C20H16ClN3O2S/c1-12-9-19-22-23-20(24(19)17-10-15(26-2)7-8-16(12)17)27-11-18(25)13-3-5-14(21)6-4-13/h3-10H,11H2,1-2H3. The van der Waals surface area contributed by atoms with Crippen LogP contribution in [-0.2, 0) is 0 Å². The van der Waals surface area contributed by atoms with Gasteiger partial charge in [0.15, 0.2) is 16.6 Å². The van der Waals surface area contributed by atoms with Crippen LogP contribution in [0.2, 0.25) is 5.02 Å². The molecule has 2 aromatic heterocycles. The molecule has 2 aromatic carbocycles. The molecule has 4 aromatic rings. The summed E-state index contributed by atoms with van der Waals surface area (Å²) in [6.45, 7) is 2.04. The zero-order valence-electron chi connectivity index (χ0n) is 14.8. The van der Waals surface area contributed by atoms with Crippen molar-refractivity contribution in [3.63, 3.8) is 0 Å². The molecular formula is C20H16ClN3O2S. The minimum atomic E-state index is 0.0161. The van der Waals surface area contributed by atoms with Crippen molar-refractivity contribution in [2.75, 3.05) is 12.9 Å². The summed E-state index contributed by atoms with van der Waals surface area (Å²) in [5.74, 6) is 1.04. The number of Topliss-reactive ketones (excluding diaryl/α,β-unsaturated/α-hetero) is 1. The minimum absolute atomic E-state index is 0.0161. The van der Waals surface area contributed by atoms with Crippen molar-refractivity contribution in [3.05, 3.63) is 64.7 Å². The van der Waals surface area contributed by atoms with Gasteiger partial charge in [0.25, 0.3) is 0 Å². The Labute approximate surface area is 165 Å². The molecule has 27 heavy (non-hydrogen) atoms. The fraction of sp³-hybridized carbons (Fsp3) is 0.150. The number of thioether (sulfide) groups is 1. The maximum Gasteiger partial charge on any atom is 0.196 e. The number of rotatable bonds is 5. The molecule has 0 bridgehead atoms. The third-order valence-corrected chi connectivity index (χ3v) is 5.55. The largest absolute Gasteiger partial charge is 0.497 e. The Bertz CT molecular complexity index is 1160. The number of hydrogen-bond acceptors (Lipinski definition) is 5. The number of nitrogens with zero attached hydrogens (tertiary/aromatic N) is 3. The Hall–Kier alpha value is -2.57. The zero-order chi connectivity index (χ0) is 19.0. The van der Waals surface area contributed by atoms with E-state index in [-0.39, 0.29) is 11.5 Å². The Balaban J connectivity index is 1.70. The first-order valence-corrected chi connectivity index (χ1v) is 9.67. The van der Waals surface area contributed by atoms with E-state index in [4.69, 9.17) is 16.3 Å². The monoisotopic (exact) mass is 397 g/mol. The molecule has 0 aliphatic heterocycles. The minimum Gasteiger partial charge on any atom is -0.497 e. The fourth-order valence-corrected chi connectivity index (χ4v) is 3.94. The van der Waals surface area contributed by atoms with Crippen LogP contribution in [0.25, 0.3) is 16.6 Å². The Morgan fingerprint density at radius 3 is 2.67 bits per heavy atom. The number of hydrogen-bond donors (Lipinski definition) is 0. The molecule has 4 rings (SSSR count). The summed E-state index contributed by atoms with van der Waals surface area (Å²) in [7, 11) is 1.64. The molecule has 0 saturated heterocycles. The number of ketones is 1. The number of carbonyl (C=O) groups excluding carboxylic acids is 1. The molecule has 0 aliphatic carbocycles. The second-order valence-corrected chi connectivity index (χ2v) is 7.48. The van der Waals surface area contributed by atoms with E-state index in [1.807, 2.05) is 35.6 Å². The normalized spacial score (nSPS) is 11.2. The smallest absolute Gasteiger partial charge is 0.196 e. The summed E-state index contributed by atoms with van der Waals surface area (Å²) in [6, 6.07) is 14.8. The van der Waals surface area contributed by atoms with Crippen molar-refractivity contribution in [1.29, 1.82) is 0 Å². The number of aromatic nitrogens is 3. The van der Waals surface area contributed by atoms with Gasteiger partial charge in [-0.3, -0.25) is 9.20 Å². The SMILES string of the molecule is COc1ccc2c(C)cc3nnc(SCC(=O)c4ccc(Cl)cc4)n3c2c1. The van der Waals surface area contributed by atoms with Gasteiger partial charge in [-0.15, -0.1) is 10.2 Å². The second-order valence-electron chi connectivity index (χ2n) is 6.11. The lowest BCUT2D eigenvalue weighted by Gasteiger charge is -2.09. The van der Waals surface area contributed by atoms with Crippen LogP contribution >= 0.6 is 23.4 Å². The Morgan fingerprint density at radius 2 is 1.93 bits per heavy atom. The Morgan fingerprint density at radius 1 is 1.15 bits per heavy atom. The molecule has 136 valence electrons. The van der Waals surface area contributed by atoms with Gasteiger partial charge in [0.1, 0.15) is 5.75 Å². The van der Waals surface area contributed by atoms with Crippen molar-refractivity contribution >= 4 is 45.7 Å². The number of methoxy groups -OCH3 is 1. The maximum absolute atomic E-state index is 12.5. The molecule has 2 heterocycles. The molecule has 0 spiro atoms. The molecule has 0 atom stereocenters. The van der Waals surface area contributed by atoms with Gasteiger partial charge < -0.3 is 4.74 Å². The van der Waals surface area contributed by atoms with Crippen LogP contribution in [0.3, 0.4) is 0 Å². The third kappa shape index (κ3) is 3.38. The number of ether oxygens (including phenoxy) is 1. The topological polar surface area (TPSA) is 56.5 Å². The predicted octanol–water partition coefficient (Wildman–Crippen LogP) is 4.83. The van der Waals surface area contributed by atoms with E-state index in [1.54, 1.807) is 31.4 Å². The van der Waals surface area contributed by atoms with Crippen molar-refractivity contribution in [2.24, 2.45) is 0 Å². The zero-order valence-corrected chi connectivity index (χ0v) is 16.3. The molecule has 0 saturated carbocycles. The highest BCUT2D eigenvalue weighted by Gasteiger charge is 2.14. The van der Waals surface area contributed by atoms with Crippen LogP contribution in [0.5, 0.6) is 5.75 Å². The molecule has 7 heteroatoms. The van der Waals surface area contributed by atoms with Crippen molar-refractivity contribution in [3.8, 4) is 5.75 Å². The number of carbonyl (C=O) groups is 1. The lowest BCUT2D eigenvalue weighted by molar-refractivity contribution is 0.102. The van der Waals surface area contributed by atoms with E-state index in [9.17, 15) is 4.79 Å². The maximum atomic E-state index is 12.5. The van der Waals surface area contributed by atoms with Gasteiger partial charge in [0, 0.05) is 22.0 Å². The summed E-state index contributed by atoms with van der Waals surface area (Å²) in [5.41, 5.74) is 3.44. The summed E-state index contributed by atoms with van der Waals surface area (Å²) < 4.78 is 7.33. The number of fused-ring (bicyclic) bond motifs is 3. The highest BCUT2D eigenvalue weighted by molar-refractivity contribution is 7.99. The number of pyridine rings is 1. The lowest BCUT2D eigenvalue weighted by Crippen LogP contribution is -2.03. The molecule has 0 unspecified atom stereocenters. The van der Waals surface area contributed by atoms with Gasteiger partial charge in [0.2, 0.25) is 0 Å². The van der Waals surface area contributed by atoms with Gasteiger partial charge in [-0.1, -0.05) is 23.4 Å². The molecule has 0 aliphatic rings. The molecule has 0 amide bonds. The number of aryl methyl sites for hydroxylation is 1. The summed E-state index contributed by atoms with van der Waals surface area (Å²) >= 11 is 7.25. The van der Waals surface area contributed by atoms with Crippen LogP contribution in [0.4, 0.5) is 0 Å². The van der Waals surface area contributed by atoms with Gasteiger partial charge in [-0.05, 0) is 55.0 Å². The third-order valence-electron chi connectivity index (χ3n) is 4.37. The lowest BCUT2D eigenvalue weighted by atomic mass is 10.1. The van der Waals surface area contributed by atoms with E-state index < -0.39 is 0 Å². The average molecular weight is 398 g/mol. The predicted molar refractivity (Wildman–Crippen MR) is 108 cm³/mol. The average Bonchev–Trinajstić information content (AvgIpc) is 3.09. The highest BCUT2D eigenvalue weighted by atomic mass is 35.5. The van der Waals surface area contributed by atoms with Crippen molar-refractivity contribution in [2.45, 2.75) is 12.1 Å². The molecule has 0 radical (unpaired) electrons. The van der Waals surface area contributed by atoms with Crippen molar-refractivity contribution in [1.82, 2.24) is 14.6 Å². The van der Waals surface area contributed by atoms with E-state index in [0.717, 1.165) is 27.9 Å². The van der Waals surface area contributed by atoms with Crippen molar-refractivity contribution < 1.29 is 9.53 Å². The van der Waals surface area contributed by atoms with Crippen LogP contribution in [0.15, 0.2) is 53.7 Å². The highest BCUT2D eigenvalue weighted by Crippen LogP contribution is 2.29. The van der Waals surface area contributed by atoms with E-state index in [0.29, 0.717) is 15.7 Å².